The molecule has 1 aromatic carbocycles. The highest BCUT2D eigenvalue weighted by atomic mass is 35.5. The number of aromatic nitrogens is 1. The van der Waals surface area contributed by atoms with Gasteiger partial charge in [-0.1, -0.05) is 11.6 Å². The highest BCUT2D eigenvalue weighted by Crippen LogP contribution is 2.17. The van der Waals surface area contributed by atoms with E-state index in [1.807, 2.05) is 37.3 Å². The molecule has 1 amide bonds. The zero-order chi connectivity index (χ0) is 16.2. The fourth-order valence-corrected chi connectivity index (χ4v) is 2.59. The summed E-state index contributed by atoms with van der Waals surface area (Å²) in [5, 5.41) is 4.35. The average molecular weight is 329 g/mol. The molecule has 1 unspecified atom stereocenters. The summed E-state index contributed by atoms with van der Waals surface area (Å²) in [5.74, 6) is 0.841. The van der Waals surface area contributed by atoms with E-state index in [1.165, 1.54) is 0 Å². The Morgan fingerprint density at radius 3 is 2.96 bits per heavy atom. The number of carbonyl (C=O) groups excluding carboxylic acids is 1. The number of furan rings is 1. The number of halogens is 1. The van der Waals surface area contributed by atoms with Crippen molar-refractivity contribution in [2.24, 2.45) is 0 Å². The Hall–Kier alpha value is -2.33. The zero-order valence-electron chi connectivity index (χ0n) is 12.8. The number of hydrogen-bond acceptors (Lipinski definition) is 3. The average Bonchev–Trinajstić information content (AvgIpc) is 3.05. The summed E-state index contributed by atoms with van der Waals surface area (Å²) in [6.07, 6.45) is 3.28. The van der Waals surface area contributed by atoms with Crippen molar-refractivity contribution in [2.75, 3.05) is 0 Å². The molecule has 118 valence electrons. The van der Waals surface area contributed by atoms with Crippen LogP contribution in [0.2, 0.25) is 5.15 Å². The van der Waals surface area contributed by atoms with E-state index in [4.69, 9.17) is 16.0 Å². The lowest BCUT2D eigenvalue weighted by Gasteiger charge is -2.13. The van der Waals surface area contributed by atoms with Crippen LogP contribution in [0.5, 0.6) is 0 Å². The van der Waals surface area contributed by atoms with Crippen molar-refractivity contribution in [3.05, 3.63) is 65.2 Å². The molecule has 0 fully saturated rings. The van der Waals surface area contributed by atoms with Crippen molar-refractivity contribution >= 4 is 28.4 Å². The third kappa shape index (κ3) is 3.90. The van der Waals surface area contributed by atoms with Crippen molar-refractivity contribution < 1.29 is 9.21 Å². The van der Waals surface area contributed by atoms with Crippen molar-refractivity contribution in [3.63, 3.8) is 0 Å². The van der Waals surface area contributed by atoms with E-state index in [1.54, 1.807) is 18.4 Å². The van der Waals surface area contributed by atoms with Crippen molar-refractivity contribution in [1.82, 2.24) is 10.3 Å². The molecular formula is C18H17ClN2O2. The molecule has 0 bridgehead atoms. The van der Waals surface area contributed by atoms with E-state index in [0.717, 1.165) is 29.5 Å². The minimum absolute atomic E-state index is 0.0617. The molecule has 1 atom stereocenters. The lowest BCUT2D eigenvalue weighted by molar-refractivity contribution is 0.0938. The number of hydrogen-bond donors (Lipinski definition) is 1. The Bertz CT molecular complexity index is 815. The molecule has 0 aliphatic carbocycles. The van der Waals surface area contributed by atoms with Gasteiger partial charge in [0.05, 0.1) is 11.8 Å². The number of nitrogens with zero attached hydrogens (tertiary/aromatic N) is 1. The molecule has 3 aromatic rings. The van der Waals surface area contributed by atoms with Gasteiger partial charge in [-0.15, -0.1) is 0 Å². The molecule has 0 spiro atoms. The lowest BCUT2D eigenvalue weighted by Crippen LogP contribution is -2.32. The summed E-state index contributed by atoms with van der Waals surface area (Å²) >= 11 is 5.87. The molecule has 0 aliphatic rings. The van der Waals surface area contributed by atoms with Gasteiger partial charge in [0, 0.05) is 23.4 Å². The van der Waals surface area contributed by atoms with Gasteiger partial charge in [0.25, 0.3) is 5.91 Å². The maximum Gasteiger partial charge on any atom is 0.251 e. The number of amides is 1. The van der Waals surface area contributed by atoms with E-state index in [2.05, 4.69) is 10.3 Å². The van der Waals surface area contributed by atoms with Crippen LogP contribution in [0.15, 0.2) is 53.1 Å². The first kappa shape index (κ1) is 15.6. The zero-order valence-corrected chi connectivity index (χ0v) is 13.5. The smallest absolute Gasteiger partial charge is 0.251 e. The van der Waals surface area contributed by atoms with Crippen molar-refractivity contribution in [2.45, 2.75) is 25.8 Å². The normalized spacial score (nSPS) is 12.3. The molecule has 0 saturated heterocycles. The predicted molar refractivity (Wildman–Crippen MR) is 90.7 cm³/mol. The molecule has 5 heteroatoms. The second kappa shape index (κ2) is 6.84. The van der Waals surface area contributed by atoms with Gasteiger partial charge in [-0.25, -0.2) is 4.98 Å². The van der Waals surface area contributed by atoms with Crippen LogP contribution in [0.25, 0.3) is 10.9 Å². The van der Waals surface area contributed by atoms with Gasteiger partial charge >= 0.3 is 0 Å². The number of carbonyl (C=O) groups is 1. The fraction of sp³-hybridized carbons (Fsp3) is 0.222. The summed E-state index contributed by atoms with van der Waals surface area (Å²) in [6, 6.07) is 12.9. The number of rotatable bonds is 5. The number of nitrogens with one attached hydrogen (secondary N) is 1. The second-order valence-corrected chi connectivity index (χ2v) is 5.92. The second-order valence-electron chi connectivity index (χ2n) is 5.53. The number of aryl methyl sites for hydroxylation is 1. The van der Waals surface area contributed by atoms with Gasteiger partial charge < -0.3 is 9.73 Å². The first-order valence-electron chi connectivity index (χ1n) is 7.51. The molecule has 1 N–H and O–H groups in total. The molecule has 2 aromatic heterocycles. The quantitative estimate of drug-likeness (QED) is 0.713. The molecular weight excluding hydrogens is 312 g/mol. The molecule has 4 nitrogen and oxygen atoms in total. The maximum atomic E-state index is 12.3. The Morgan fingerprint density at radius 2 is 2.17 bits per heavy atom. The van der Waals surface area contributed by atoms with Gasteiger partial charge in [-0.2, -0.15) is 0 Å². The minimum Gasteiger partial charge on any atom is -0.469 e. The summed E-state index contributed by atoms with van der Waals surface area (Å²) < 4.78 is 5.30. The Kier molecular flexibility index (Phi) is 4.63. The van der Waals surface area contributed by atoms with Crippen LogP contribution in [0.3, 0.4) is 0 Å². The van der Waals surface area contributed by atoms with Crippen LogP contribution in [-0.2, 0) is 6.42 Å². The van der Waals surface area contributed by atoms with Crippen LogP contribution in [0.1, 0.15) is 29.5 Å². The predicted octanol–water partition coefficient (Wildman–Crippen LogP) is 4.23. The summed E-state index contributed by atoms with van der Waals surface area (Å²) in [4.78, 5) is 16.6. The highest BCUT2D eigenvalue weighted by molar-refractivity contribution is 6.29. The van der Waals surface area contributed by atoms with Gasteiger partial charge in [-0.05, 0) is 55.8 Å². The van der Waals surface area contributed by atoms with Crippen LogP contribution < -0.4 is 5.32 Å². The molecule has 23 heavy (non-hydrogen) atoms. The monoisotopic (exact) mass is 328 g/mol. The van der Waals surface area contributed by atoms with Crippen LogP contribution >= 0.6 is 11.6 Å². The number of pyridine rings is 1. The topological polar surface area (TPSA) is 55.1 Å². The first-order valence-corrected chi connectivity index (χ1v) is 7.89. The van der Waals surface area contributed by atoms with Crippen LogP contribution in [-0.4, -0.2) is 16.9 Å². The van der Waals surface area contributed by atoms with Gasteiger partial charge in [0.2, 0.25) is 0 Å². The van der Waals surface area contributed by atoms with E-state index < -0.39 is 0 Å². The van der Waals surface area contributed by atoms with Gasteiger partial charge in [-0.3, -0.25) is 4.79 Å². The third-order valence-electron chi connectivity index (χ3n) is 3.70. The van der Waals surface area contributed by atoms with Gasteiger partial charge in [0.15, 0.2) is 0 Å². The number of fused-ring (bicyclic) bond motifs is 1. The number of benzene rings is 1. The van der Waals surface area contributed by atoms with Crippen molar-refractivity contribution in [1.29, 1.82) is 0 Å². The lowest BCUT2D eigenvalue weighted by atomic mass is 10.1. The first-order chi connectivity index (χ1) is 11.1. The summed E-state index contributed by atoms with van der Waals surface area (Å²) in [5.41, 5.74) is 1.39. The molecule has 0 saturated carbocycles. The van der Waals surface area contributed by atoms with Crippen LogP contribution in [0.4, 0.5) is 0 Å². The molecule has 0 radical (unpaired) electrons. The SMILES string of the molecule is CC(CCc1ccco1)NC(=O)c1ccc2nc(Cl)ccc2c1. The fourth-order valence-electron chi connectivity index (χ4n) is 2.43. The van der Waals surface area contributed by atoms with E-state index in [-0.39, 0.29) is 11.9 Å². The summed E-state index contributed by atoms with van der Waals surface area (Å²) in [7, 11) is 0. The maximum absolute atomic E-state index is 12.3. The summed E-state index contributed by atoms with van der Waals surface area (Å²) in [6.45, 7) is 1.99. The molecule has 3 rings (SSSR count). The Labute approximate surface area is 139 Å². The van der Waals surface area contributed by atoms with Crippen molar-refractivity contribution in [3.8, 4) is 0 Å². The van der Waals surface area contributed by atoms with E-state index in [0.29, 0.717) is 10.7 Å². The molecule has 0 aliphatic heterocycles. The third-order valence-corrected chi connectivity index (χ3v) is 3.91. The van der Waals surface area contributed by atoms with E-state index in [9.17, 15) is 4.79 Å². The molecule has 2 heterocycles. The Morgan fingerprint density at radius 1 is 1.30 bits per heavy atom. The standard InChI is InChI=1S/C18H17ClN2O2/c1-12(4-7-15-3-2-10-23-15)20-18(22)14-5-8-16-13(11-14)6-9-17(19)21-16/h2-3,5-6,8-12H,4,7H2,1H3,(H,20,22). The van der Waals surface area contributed by atoms with Gasteiger partial charge in [0.1, 0.15) is 10.9 Å². The highest BCUT2D eigenvalue weighted by Gasteiger charge is 2.11. The van der Waals surface area contributed by atoms with E-state index >= 15 is 0 Å². The largest absolute Gasteiger partial charge is 0.469 e. The minimum atomic E-state index is -0.0891. The Balaban J connectivity index is 1.64. The van der Waals surface area contributed by atoms with Crippen LogP contribution in [0, 0.1) is 0 Å².